The highest BCUT2D eigenvalue weighted by Gasteiger charge is 2.30. The predicted molar refractivity (Wildman–Crippen MR) is 173 cm³/mol. The van der Waals surface area contributed by atoms with Gasteiger partial charge in [-0.1, -0.05) is 6.58 Å². The molecular weight excluding hydrogens is 596 g/mol. The third-order valence-corrected chi connectivity index (χ3v) is 7.93. The molecule has 0 bridgehead atoms. The smallest absolute Gasteiger partial charge is 0.247 e. The Hall–Kier alpha value is -5.23. The molecule has 1 amide bonds. The average molecular weight is 630 g/mol. The summed E-state index contributed by atoms with van der Waals surface area (Å²) in [5.74, 6) is -3.58. The van der Waals surface area contributed by atoms with E-state index in [-0.39, 0.29) is 29.0 Å². The number of anilines is 5. The molecule has 12 heteroatoms. The number of halogens is 2. The molecule has 1 aliphatic carbocycles. The third-order valence-electron chi connectivity index (χ3n) is 7.93. The van der Waals surface area contributed by atoms with Crippen molar-refractivity contribution >= 4 is 51.0 Å². The number of benzene rings is 3. The normalized spacial score (nSPS) is 14.5. The van der Waals surface area contributed by atoms with E-state index < -0.39 is 23.0 Å². The van der Waals surface area contributed by atoms with Gasteiger partial charge in [-0.05, 0) is 60.7 Å². The summed E-state index contributed by atoms with van der Waals surface area (Å²) in [4.78, 5) is 32.8. The first-order valence-electron chi connectivity index (χ1n) is 14.8. The molecule has 1 saturated heterocycles. The van der Waals surface area contributed by atoms with Crippen molar-refractivity contribution < 1.29 is 32.6 Å². The Kier molecular flexibility index (Phi) is 8.71. The van der Waals surface area contributed by atoms with Gasteiger partial charge in [0.05, 0.1) is 38.8 Å². The second-order valence-corrected chi connectivity index (χ2v) is 11.0. The van der Waals surface area contributed by atoms with Gasteiger partial charge in [0.2, 0.25) is 11.7 Å². The zero-order chi connectivity index (χ0) is 32.4. The third kappa shape index (κ3) is 6.29. The molecule has 0 radical (unpaired) electrons. The number of aromatic nitrogens is 1. The molecule has 3 N–H and O–H groups in total. The molecular formula is C34H33F2N5O5. The van der Waals surface area contributed by atoms with Gasteiger partial charge >= 0.3 is 0 Å². The monoisotopic (exact) mass is 629 g/mol. The lowest BCUT2D eigenvalue weighted by Gasteiger charge is -2.29. The van der Waals surface area contributed by atoms with Gasteiger partial charge in [0.15, 0.2) is 23.1 Å². The highest BCUT2D eigenvalue weighted by atomic mass is 19.1. The number of fused-ring (bicyclic) bond motifs is 1. The predicted octanol–water partition coefficient (Wildman–Crippen LogP) is 6.04. The van der Waals surface area contributed by atoms with Crippen LogP contribution in [-0.2, 0) is 9.53 Å². The van der Waals surface area contributed by atoms with Crippen LogP contribution in [0.3, 0.4) is 0 Å². The van der Waals surface area contributed by atoms with Gasteiger partial charge in [-0.2, -0.15) is 0 Å². The number of carbonyl (C=O) groups excluding carboxylic acids is 2. The molecule has 238 valence electrons. The molecule has 0 spiro atoms. The van der Waals surface area contributed by atoms with Crippen LogP contribution >= 0.6 is 0 Å². The molecule has 6 rings (SSSR count). The van der Waals surface area contributed by atoms with Crippen molar-refractivity contribution in [2.24, 2.45) is 0 Å². The van der Waals surface area contributed by atoms with Crippen molar-refractivity contribution in [2.75, 3.05) is 61.4 Å². The minimum atomic E-state index is -1.11. The maximum atomic E-state index is 15.3. The van der Waals surface area contributed by atoms with Gasteiger partial charge in [-0.3, -0.25) is 9.59 Å². The molecule has 3 aromatic carbocycles. The molecule has 1 aromatic heterocycles. The lowest BCUT2D eigenvalue weighted by Crippen LogP contribution is -2.36. The number of pyridine rings is 1. The van der Waals surface area contributed by atoms with Crippen LogP contribution in [0.15, 0.2) is 61.3 Å². The number of nitrogens with zero attached hydrogens (tertiary/aromatic N) is 2. The Morgan fingerprint density at radius 3 is 2.33 bits per heavy atom. The van der Waals surface area contributed by atoms with Crippen LogP contribution in [0.2, 0.25) is 0 Å². The van der Waals surface area contributed by atoms with Gasteiger partial charge in [-0.25, -0.2) is 13.8 Å². The van der Waals surface area contributed by atoms with E-state index in [1.54, 1.807) is 24.4 Å². The number of morpholine rings is 1. The molecule has 0 unspecified atom stereocenters. The summed E-state index contributed by atoms with van der Waals surface area (Å²) in [5.41, 5.74) is 1.85. The molecule has 46 heavy (non-hydrogen) atoms. The highest BCUT2D eigenvalue weighted by molar-refractivity contribution is 6.15. The fraction of sp³-hybridized carbons (Fsp3) is 0.265. The molecule has 1 aliphatic heterocycles. The second kappa shape index (κ2) is 13.0. The maximum absolute atomic E-state index is 15.3. The van der Waals surface area contributed by atoms with Gasteiger partial charge in [0.1, 0.15) is 11.4 Å². The van der Waals surface area contributed by atoms with E-state index in [4.69, 9.17) is 14.2 Å². The number of carbonyl (C=O) groups is 2. The van der Waals surface area contributed by atoms with Crippen molar-refractivity contribution in [1.82, 2.24) is 4.98 Å². The zero-order valence-electron chi connectivity index (χ0n) is 25.4. The Bertz CT molecular complexity index is 1810. The van der Waals surface area contributed by atoms with E-state index in [1.807, 2.05) is 18.2 Å². The van der Waals surface area contributed by atoms with Crippen LogP contribution in [-0.4, -0.2) is 63.2 Å². The Morgan fingerprint density at radius 2 is 1.67 bits per heavy atom. The summed E-state index contributed by atoms with van der Waals surface area (Å²) in [6, 6.07) is 12.0. The number of nitrogens with one attached hydrogen (secondary N) is 3. The first-order valence-corrected chi connectivity index (χ1v) is 14.8. The summed E-state index contributed by atoms with van der Waals surface area (Å²) in [5, 5.41) is 10.8. The Morgan fingerprint density at radius 1 is 0.957 bits per heavy atom. The van der Waals surface area contributed by atoms with Crippen molar-refractivity contribution in [2.45, 2.75) is 18.9 Å². The highest BCUT2D eigenvalue weighted by Crippen LogP contribution is 2.37. The lowest BCUT2D eigenvalue weighted by atomic mass is 9.97. The Balaban J connectivity index is 1.36. The SMILES string of the molecule is C=CC(=O)Nc1cc(N2CCOCC2)ccc1Nc1cc2cc(NC3CC3)c(C(=O)c3c(F)c(OC)cc(OC)c3F)cc2cn1. The van der Waals surface area contributed by atoms with Crippen LogP contribution in [0.1, 0.15) is 28.8 Å². The number of rotatable bonds is 11. The van der Waals surface area contributed by atoms with Crippen molar-refractivity contribution in [3.05, 3.63) is 84.1 Å². The molecule has 2 aliphatic rings. The van der Waals surface area contributed by atoms with Crippen LogP contribution in [0.4, 0.5) is 37.3 Å². The van der Waals surface area contributed by atoms with Gasteiger partial charge in [0.25, 0.3) is 0 Å². The van der Waals surface area contributed by atoms with Crippen molar-refractivity contribution in [1.29, 1.82) is 0 Å². The summed E-state index contributed by atoms with van der Waals surface area (Å²) in [6.45, 7) is 6.28. The van der Waals surface area contributed by atoms with Crippen molar-refractivity contribution in [3.8, 4) is 11.5 Å². The average Bonchev–Trinajstić information content (AvgIpc) is 3.89. The largest absolute Gasteiger partial charge is 0.494 e. The standard InChI is InChI=1S/C34H33F2N5O5/c1-4-30(42)40-26-16-22(41-9-11-46-12-10-41)7-8-24(26)39-29-15-19-14-25(38-21-5-6-21)23(13-20(19)18-37-29)34(43)31-32(35)27(44-2)17-28(45-3)33(31)36/h4,7-8,13-18,21,38H,1,5-6,9-12H2,2-3H3,(H,37,39)(H,40,42). The molecule has 2 fully saturated rings. The Labute approximate surface area is 264 Å². The van der Waals surface area contributed by atoms with E-state index in [2.05, 4.69) is 32.4 Å². The lowest BCUT2D eigenvalue weighted by molar-refractivity contribution is -0.111. The van der Waals surface area contributed by atoms with Gasteiger partial charge < -0.3 is 35.1 Å². The van der Waals surface area contributed by atoms with E-state index >= 15 is 8.78 Å². The number of amides is 1. The molecule has 1 saturated carbocycles. The second-order valence-electron chi connectivity index (χ2n) is 11.0. The number of ketones is 1. The van der Waals surface area contributed by atoms with Crippen LogP contribution < -0.4 is 30.3 Å². The zero-order valence-corrected chi connectivity index (χ0v) is 25.4. The molecule has 0 atom stereocenters. The maximum Gasteiger partial charge on any atom is 0.247 e. The molecule has 10 nitrogen and oxygen atoms in total. The van der Waals surface area contributed by atoms with Crippen LogP contribution in [0.5, 0.6) is 11.5 Å². The van der Waals surface area contributed by atoms with Gasteiger partial charge in [0, 0.05) is 53.7 Å². The van der Waals surface area contributed by atoms with E-state index in [0.717, 1.165) is 43.1 Å². The van der Waals surface area contributed by atoms with Gasteiger partial charge in [-0.15, -0.1) is 0 Å². The number of hydrogen-bond donors (Lipinski definition) is 3. The fourth-order valence-corrected chi connectivity index (χ4v) is 5.32. The number of ether oxygens (including phenoxy) is 3. The minimum absolute atomic E-state index is 0.0862. The van der Waals surface area contributed by atoms with E-state index in [0.29, 0.717) is 41.5 Å². The summed E-state index contributed by atoms with van der Waals surface area (Å²) in [7, 11) is 2.46. The number of hydrogen-bond acceptors (Lipinski definition) is 9. The first kappa shape index (κ1) is 30.8. The fourth-order valence-electron chi connectivity index (χ4n) is 5.32. The first-order chi connectivity index (χ1) is 22.3. The molecule has 4 aromatic rings. The molecule has 2 heterocycles. The summed E-state index contributed by atoms with van der Waals surface area (Å²) in [6.07, 6.45) is 4.58. The van der Waals surface area contributed by atoms with Crippen LogP contribution in [0, 0.1) is 11.6 Å². The summed E-state index contributed by atoms with van der Waals surface area (Å²) >= 11 is 0. The van der Waals surface area contributed by atoms with Crippen molar-refractivity contribution in [3.63, 3.8) is 0 Å². The topological polar surface area (TPSA) is 114 Å². The number of methoxy groups -OCH3 is 2. The van der Waals surface area contributed by atoms with E-state index in [9.17, 15) is 9.59 Å². The van der Waals surface area contributed by atoms with Crippen LogP contribution in [0.25, 0.3) is 10.8 Å². The van der Waals surface area contributed by atoms with E-state index in [1.165, 1.54) is 20.3 Å². The summed E-state index contributed by atoms with van der Waals surface area (Å²) < 4.78 is 46.2. The quantitative estimate of drug-likeness (QED) is 0.135. The minimum Gasteiger partial charge on any atom is -0.494 e.